The molecular weight excluding hydrogens is 216 g/mol. The fraction of sp³-hybridized carbons (Fsp3) is 0.556. The molecule has 6 heteroatoms. The number of halogens is 1. The smallest absolute Gasteiger partial charge is 0.223 e. The summed E-state index contributed by atoms with van der Waals surface area (Å²) in [6, 6.07) is 1.87. The summed E-state index contributed by atoms with van der Waals surface area (Å²) in [5.74, 6) is 0.867. The van der Waals surface area contributed by atoms with Crippen molar-refractivity contribution in [2.75, 3.05) is 31.4 Å². The zero-order valence-electron chi connectivity index (χ0n) is 9.07. The van der Waals surface area contributed by atoms with E-state index < -0.39 is 0 Å². The fourth-order valence-corrected chi connectivity index (χ4v) is 1.37. The van der Waals surface area contributed by atoms with Gasteiger partial charge in [-0.25, -0.2) is 4.98 Å². The second kappa shape index (κ2) is 5.14. The Bertz CT molecular complexity index is 314. The first kappa shape index (κ1) is 12.0. The van der Waals surface area contributed by atoms with Gasteiger partial charge in [0.15, 0.2) is 0 Å². The van der Waals surface area contributed by atoms with Crippen LogP contribution >= 0.6 is 11.6 Å². The van der Waals surface area contributed by atoms with E-state index in [4.69, 9.17) is 22.1 Å². The van der Waals surface area contributed by atoms with E-state index in [2.05, 4.69) is 9.97 Å². The SMILES string of the molecule is COCC(C)N(C)c1cc(Cl)nc(N)n1. The highest BCUT2D eigenvalue weighted by atomic mass is 35.5. The molecule has 0 aliphatic carbocycles. The van der Waals surface area contributed by atoms with Gasteiger partial charge >= 0.3 is 0 Å². The van der Waals surface area contributed by atoms with Crippen molar-refractivity contribution >= 4 is 23.4 Å². The normalized spacial score (nSPS) is 12.5. The Labute approximate surface area is 94.2 Å². The Morgan fingerprint density at radius 3 is 2.80 bits per heavy atom. The average molecular weight is 231 g/mol. The highest BCUT2D eigenvalue weighted by Gasteiger charge is 2.12. The van der Waals surface area contributed by atoms with E-state index in [0.29, 0.717) is 17.6 Å². The van der Waals surface area contributed by atoms with Gasteiger partial charge in [-0.05, 0) is 6.92 Å². The fourth-order valence-electron chi connectivity index (χ4n) is 1.18. The summed E-state index contributed by atoms with van der Waals surface area (Å²) in [6.45, 7) is 2.63. The van der Waals surface area contributed by atoms with Crippen LogP contribution in [0.5, 0.6) is 0 Å². The van der Waals surface area contributed by atoms with Gasteiger partial charge in [0, 0.05) is 20.2 Å². The topological polar surface area (TPSA) is 64.3 Å². The number of hydrogen-bond donors (Lipinski definition) is 1. The zero-order chi connectivity index (χ0) is 11.4. The van der Waals surface area contributed by atoms with Crippen molar-refractivity contribution in [2.24, 2.45) is 0 Å². The molecule has 1 unspecified atom stereocenters. The minimum absolute atomic E-state index is 0.175. The summed E-state index contributed by atoms with van der Waals surface area (Å²) in [5.41, 5.74) is 5.51. The highest BCUT2D eigenvalue weighted by molar-refractivity contribution is 6.29. The van der Waals surface area contributed by atoms with Crippen LogP contribution in [0.2, 0.25) is 5.15 Å². The Balaban J connectivity index is 2.85. The lowest BCUT2D eigenvalue weighted by Gasteiger charge is -2.25. The number of nitrogens with two attached hydrogens (primary N) is 1. The molecule has 1 atom stereocenters. The number of methoxy groups -OCH3 is 1. The van der Waals surface area contributed by atoms with E-state index in [1.165, 1.54) is 0 Å². The molecule has 0 radical (unpaired) electrons. The van der Waals surface area contributed by atoms with Crippen LogP contribution in [-0.4, -0.2) is 36.8 Å². The molecular formula is C9H15ClN4O. The van der Waals surface area contributed by atoms with Gasteiger partial charge in [-0.3, -0.25) is 0 Å². The van der Waals surface area contributed by atoms with Crippen LogP contribution < -0.4 is 10.6 Å². The minimum Gasteiger partial charge on any atom is -0.383 e. The number of rotatable bonds is 4. The van der Waals surface area contributed by atoms with E-state index in [0.717, 1.165) is 0 Å². The van der Waals surface area contributed by atoms with Gasteiger partial charge in [0.25, 0.3) is 0 Å². The lowest BCUT2D eigenvalue weighted by Crippen LogP contribution is -2.33. The predicted octanol–water partition coefficient (Wildman–Crippen LogP) is 1.18. The van der Waals surface area contributed by atoms with E-state index in [-0.39, 0.29) is 12.0 Å². The number of aromatic nitrogens is 2. The molecule has 0 saturated carbocycles. The number of hydrogen-bond acceptors (Lipinski definition) is 5. The molecule has 0 aliphatic rings. The van der Waals surface area contributed by atoms with Gasteiger partial charge in [0.2, 0.25) is 5.95 Å². The summed E-state index contributed by atoms with van der Waals surface area (Å²) in [4.78, 5) is 9.82. The first-order valence-corrected chi connectivity index (χ1v) is 4.94. The summed E-state index contributed by atoms with van der Waals surface area (Å²) >= 11 is 5.79. The molecule has 0 saturated heterocycles. The van der Waals surface area contributed by atoms with Crippen molar-refractivity contribution in [1.29, 1.82) is 0 Å². The largest absolute Gasteiger partial charge is 0.383 e. The molecule has 0 bridgehead atoms. The van der Waals surface area contributed by atoms with E-state index in [9.17, 15) is 0 Å². The number of nitrogen functional groups attached to an aromatic ring is 1. The highest BCUT2D eigenvalue weighted by Crippen LogP contribution is 2.17. The first-order chi connectivity index (χ1) is 7.04. The van der Waals surface area contributed by atoms with Crippen molar-refractivity contribution in [3.8, 4) is 0 Å². The lowest BCUT2D eigenvalue weighted by atomic mass is 10.3. The quantitative estimate of drug-likeness (QED) is 0.787. The van der Waals surface area contributed by atoms with Gasteiger partial charge in [-0.1, -0.05) is 11.6 Å². The van der Waals surface area contributed by atoms with Crippen LogP contribution in [0.1, 0.15) is 6.92 Å². The van der Waals surface area contributed by atoms with Crippen molar-refractivity contribution in [1.82, 2.24) is 9.97 Å². The third-order valence-electron chi connectivity index (χ3n) is 2.13. The molecule has 0 aromatic carbocycles. The van der Waals surface area contributed by atoms with E-state index in [1.807, 2.05) is 18.9 Å². The third-order valence-corrected chi connectivity index (χ3v) is 2.32. The molecule has 2 N–H and O–H groups in total. The van der Waals surface area contributed by atoms with E-state index >= 15 is 0 Å². The molecule has 0 fully saturated rings. The number of nitrogens with zero attached hydrogens (tertiary/aromatic N) is 3. The predicted molar refractivity (Wildman–Crippen MR) is 61.2 cm³/mol. The monoisotopic (exact) mass is 230 g/mol. The Morgan fingerprint density at radius 1 is 1.60 bits per heavy atom. The maximum absolute atomic E-state index is 5.79. The molecule has 5 nitrogen and oxygen atoms in total. The van der Waals surface area contributed by atoms with Crippen LogP contribution in [0, 0.1) is 0 Å². The van der Waals surface area contributed by atoms with Crippen LogP contribution in [0.4, 0.5) is 11.8 Å². The van der Waals surface area contributed by atoms with E-state index in [1.54, 1.807) is 13.2 Å². The van der Waals surface area contributed by atoms with Gasteiger partial charge in [0.05, 0.1) is 12.6 Å². The van der Waals surface area contributed by atoms with Crippen molar-refractivity contribution in [2.45, 2.75) is 13.0 Å². The van der Waals surface area contributed by atoms with Gasteiger partial charge < -0.3 is 15.4 Å². The summed E-state index contributed by atoms with van der Waals surface area (Å²) in [5, 5.41) is 0.342. The van der Waals surface area contributed by atoms with Gasteiger partial charge in [-0.2, -0.15) is 4.98 Å². The second-order valence-electron chi connectivity index (χ2n) is 3.32. The van der Waals surface area contributed by atoms with Gasteiger partial charge in [-0.15, -0.1) is 0 Å². The molecule has 15 heavy (non-hydrogen) atoms. The molecule has 0 spiro atoms. The van der Waals surface area contributed by atoms with Crippen LogP contribution in [0.3, 0.4) is 0 Å². The third kappa shape index (κ3) is 3.21. The summed E-state index contributed by atoms with van der Waals surface area (Å²) < 4.78 is 5.06. The Kier molecular flexibility index (Phi) is 4.11. The number of likely N-dealkylation sites (N-methyl/N-ethyl adjacent to an activating group) is 1. The van der Waals surface area contributed by atoms with Crippen LogP contribution in [0.25, 0.3) is 0 Å². The van der Waals surface area contributed by atoms with Crippen LogP contribution in [-0.2, 0) is 4.74 Å². The maximum atomic E-state index is 5.79. The van der Waals surface area contributed by atoms with Crippen LogP contribution in [0.15, 0.2) is 6.07 Å². The molecule has 1 aromatic rings. The molecule has 0 aliphatic heterocycles. The average Bonchev–Trinajstić information content (AvgIpc) is 2.15. The standard InChI is InChI=1S/C9H15ClN4O/c1-6(5-15-3)14(2)8-4-7(10)12-9(11)13-8/h4,6H,5H2,1-3H3,(H2,11,12,13). The summed E-state index contributed by atoms with van der Waals surface area (Å²) in [7, 11) is 3.56. The number of anilines is 2. The number of ether oxygens (including phenoxy) is 1. The first-order valence-electron chi connectivity index (χ1n) is 4.56. The lowest BCUT2D eigenvalue weighted by molar-refractivity contribution is 0.183. The molecule has 1 rings (SSSR count). The Morgan fingerprint density at radius 2 is 2.27 bits per heavy atom. The van der Waals surface area contributed by atoms with Gasteiger partial charge in [0.1, 0.15) is 11.0 Å². The zero-order valence-corrected chi connectivity index (χ0v) is 9.82. The molecule has 1 heterocycles. The second-order valence-corrected chi connectivity index (χ2v) is 3.71. The maximum Gasteiger partial charge on any atom is 0.223 e. The molecule has 84 valence electrons. The molecule has 1 aromatic heterocycles. The van der Waals surface area contributed by atoms with Crippen molar-refractivity contribution in [3.05, 3.63) is 11.2 Å². The summed E-state index contributed by atoms with van der Waals surface area (Å²) in [6.07, 6.45) is 0. The molecule has 0 amide bonds. The van der Waals surface area contributed by atoms with Crippen molar-refractivity contribution in [3.63, 3.8) is 0 Å². The van der Waals surface area contributed by atoms with Crippen molar-refractivity contribution < 1.29 is 4.74 Å². The minimum atomic E-state index is 0.175. The Hall–Kier alpha value is -1.07.